The van der Waals surface area contributed by atoms with Crippen molar-refractivity contribution in [1.29, 1.82) is 0 Å². The molecule has 0 aromatic carbocycles. The zero-order valence-electron chi connectivity index (χ0n) is 16.9. The number of pyridine rings is 1. The molecule has 2 saturated heterocycles. The van der Waals surface area contributed by atoms with Crippen LogP contribution in [0.1, 0.15) is 31.2 Å². The molecule has 12 heteroatoms. The third kappa shape index (κ3) is 5.37. The molecular formula is C18H26ClF3N4O3S. The molecule has 0 bridgehead atoms. The Hall–Kier alpha value is -1.14. The summed E-state index contributed by atoms with van der Waals surface area (Å²) in [5.41, 5.74) is -0.905. The molecule has 0 amide bonds. The molecule has 1 aromatic rings. The van der Waals surface area contributed by atoms with Crippen LogP contribution in [0.5, 0.6) is 5.88 Å². The largest absolute Gasteiger partial charge is 0.473 e. The normalized spacial score (nSPS) is 21.3. The van der Waals surface area contributed by atoms with Crippen LogP contribution in [0.3, 0.4) is 0 Å². The summed E-state index contributed by atoms with van der Waals surface area (Å²) in [6.07, 6.45) is -0.995. The van der Waals surface area contributed by atoms with Crippen molar-refractivity contribution < 1.29 is 26.3 Å². The van der Waals surface area contributed by atoms with Gasteiger partial charge in [-0.15, -0.1) is 0 Å². The van der Waals surface area contributed by atoms with E-state index >= 15 is 0 Å². The summed E-state index contributed by atoms with van der Waals surface area (Å²) < 4.78 is 71.1. The number of halogens is 4. The Bertz CT molecular complexity index is 838. The van der Waals surface area contributed by atoms with Crippen molar-refractivity contribution in [2.45, 2.75) is 44.0 Å². The van der Waals surface area contributed by atoms with Gasteiger partial charge in [0, 0.05) is 52.5 Å². The first-order valence-corrected chi connectivity index (χ1v) is 11.6. The van der Waals surface area contributed by atoms with Crippen molar-refractivity contribution in [2.75, 3.05) is 40.3 Å². The quantitative estimate of drug-likeness (QED) is 0.662. The van der Waals surface area contributed by atoms with E-state index in [1.54, 1.807) is 0 Å². The molecule has 170 valence electrons. The molecule has 2 fully saturated rings. The Labute approximate surface area is 179 Å². The number of likely N-dealkylation sites (tertiary alicyclic amines) is 1. The summed E-state index contributed by atoms with van der Waals surface area (Å²) in [5, 5.41) is -0.151. The monoisotopic (exact) mass is 470 g/mol. The van der Waals surface area contributed by atoms with Gasteiger partial charge < -0.3 is 9.64 Å². The second kappa shape index (κ2) is 9.15. The molecule has 2 aliphatic rings. The predicted molar refractivity (Wildman–Crippen MR) is 107 cm³/mol. The second-order valence-electron chi connectivity index (χ2n) is 7.78. The lowest BCUT2D eigenvalue weighted by atomic mass is 10.00. The van der Waals surface area contributed by atoms with Crippen LogP contribution < -0.4 is 4.74 Å². The molecule has 30 heavy (non-hydrogen) atoms. The van der Waals surface area contributed by atoms with E-state index < -0.39 is 21.9 Å². The summed E-state index contributed by atoms with van der Waals surface area (Å²) in [5.74, 6) is 0.0188. The van der Waals surface area contributed by atoms with Crippen LogP contribution in [0.2, 0.25) is 5.02 Å². The second-order valence-corrected chi connectivity index (χ2v) is 10.3. The predicted octanol–water partition coefficient (Wildman–Crippen LogP) is 2.87. The molecule has 3 heterocycles. The number of hydrogen-bond donors (Lipinski definition) is 0. The summed E-state index contributed by atoms with van der Waals surface area (Å²) >= 11 is 5.92. The number of aromatic nitrogens is 1. The van der Waals surface area contributed by atoms with Crippen molar-refractivity contribution in [3.05, 3.63) is 22.8 Å². The van der Waals surface area contributed by atoms with E-state index in [2.05, 4.69) is 9.88 Å². The summed E-state index contributed by atoms with van der Waals surface area (Å²) in [7, 11) is -0.312. The van der Waals surface area contributed by atoms with Gasteiger partial charge in [0.2, 0.25) is 5.88 Å². The van der Waals surface area contributed by atoms with Crippen LogP contribution in [0.25, 0.3) is 0 Å². The van der Waals surface area contributed by atoms with E-state index in [4.69, 9.17) is 16.3 Å². The summed E-state index contributed by atoms with van der Waals surface area (Å²) in [6.45, 7) is 2.53. The Balaban J connectivity index is 1.49. The minimum atomic E-state index is -4.50. The van der Waals surface area contributed by atoms with Crippen LogP contribution >= 0.6 is 11.6 Å². The topological polar surface area (TPSA) is 66.0 Å². The minimum absolute atomic E-state index is 0.0188. The first-order chi connectivity index (χ1) is 14.0. The fourth-order valence-electron chi connectivity index (χ4n) is 3.85. The molecule has 1 aromatic heterocycles. The highest BCUT2D eigenvalue weighted by Gasteiger charge is 2.34. The van der Waals surface area contributed by atoms with E-state index in [9.17, 15) is 21.6 Å². The Morgan fingerprint density at radius 2 is 1.73 bits per heavy atom. The van der Waals surface area contributed by atoms with Gasteiger partial charge in [-0.1, -0.05) is 11.6 Å². The molecule has 0 radical (unpaired) electrons. The van der Waals surface area contributed by atoms with Gasteiger partial charge in [0.05, 0.1) is 5.56 Å². The fraction of sp³-hybridized carbons (Fsp3) is 0.722. The highest BCUT2D eigenvalue weighted by atomic mass is 35.5. The van der Waals surface area contributed by atoms with Crippen molar-refractivity contribution in [3.8, 4) is 5.88 Å². The third-order valence-electron chi connectivity index (χ3n) is 5.62. The summed E-state index contributed by atoms with van der Waals surface area (Å²) in [4.78, 5) is 6.07. The number of nitrogens with zero attached hydrogens (tertiary/aromatic N) is 4. The molecule has 0 atom stereocenters. The fourth-order valence-corrected chi connectivity index (χ4v) is 5.20. The smallest absolute Gasteiger partial charge is 0.417 e. The van der Waals surface area contributed by atoms with Gasteiger partial charge in [-0.2, -0.15) is 30.2 Å². The van der Waals surface area contributed by atoms with Crippen molar-refractivity contribution in [1.82, 2.24) is 18.5 Å². The number of piperidine rings is 2. The van der Waals surface area contributed by atoms with Crippen LogP contribution in [-0.4, -0.2) is 79.3 Å². The average Bonchev–Trinajstić information content (AvgIpc) is 2.69. The van der Waals surface area contributed by atoms with Gasteiger partial charge in [-0.25, -0.2) is 4.98 Å². The molecule has 0 aliphatic carbocycles. The van der Waals surface area contributed by atoms with Gasteiger partial charge in [0.15, 0.2) is 0 Å². The molecular weight excluding hydrogens is 445 g/mol. The highest BCUT2D eigenvalue weighted by Crippen LogP contribution is 2.34. The SMILES string of the molecule is CN(C)S(=O)(=O)N1CCC(N2CCC(Oc3ncc(C(F)(F)F)cc3Cl)CC2)CC1. The first-order valence-electron chi connectivity index (χ1n) is 9.79. The molecule has 3 rings (SSSR count). The van der Waals surface area contributed by atoms with Crippen molar-refractivity contribution in [2.24, 2.45) is 0 Å². The van der Waals surface area contributed by atoms with Gasteiger partial charge in [0.1, 0.15) is 11.1 Å². The van der Waals surface area contributed by atoms with Crippen LogP contribution in [0.4, 0.5) is 13.2 Å². The molecule has 2 aliphatic heterocycles. The van der Waals surface area contributed by atoms with Crippen molar-refractivity contribution >= 4 is 21.8 Å². The highest BCUT2D eigenvalue weighted by molar-refractivity contribution is 7.86. The van der Waals surface area contributed by atoms with Crippen LogP contribution in [-0.2, 0) is 16.4 Å². The van der Waals surface area contributed by atoms with Gasteiger partial charge in [-0.05, 0) is 31.7 Å². The maximum absolute atomic E-state index is 12.7. The summed E-state index contributed by atoms with van der Waals surface area (Å²) in [6, 6.07) is 1.14. The molecule has 0 saturated carbocycles. The van der Waals surface area contributed by atoms with Gasteiger partial charge in [-0.3, -0.25) is 0 Å². The van der Waals surface area contributed by atoms with E-state index in [0.717, 1.165) is 38.2 Å². The Morgan fingerprint density at radius 3 is 2.23 bits per heavy atom. The maximum Gasteiger partial charge on any atom is 0.417 e. The molecule has 0 spiro atoms. The minimum Gasteiger partial charge on any atom is -0.473 e. The zero-order chi connectivity index (χ0) is 22.1. The average molecular weight is 471 g/mol. The van der Waals surface area contributed by atoms with Crippen LogP contribution in [0, 0.1) is 0 Å². The number of ether oxygens (including phenoxy) is 1. The zero-order valence-corrected chi connectivity index (χ0v) is 18.5. The molecule has 7 nitrogen and oxygen atoms in total. The number of alkyl halides is 3. The Kier molecular flexibility index (Phi) is 7.18. The van der Waals surface area contributed by atoms with Crippen LogP contribution in [0.15, 0.2) is 12.3 Å². The lowest BCUT2D eigenvalue weighted by Crippen LogP contribution is -2.51. The van der Waals surface area contributed by atoms with Gasteiger partial charge >= 0.3 is 6.18 Å². The maximum atomic E-state index is 12.7. The molecule has 0 N–H and O–H groups in total. The van der Waals surface area contributed by atoms with E-state index in [-0.39, 0.29) is 17.0 Å². The Morgan fingerprint density at radius 1 is 1.13 bits per heavy atom. The first kappa shape index (κ1) is 23.5. The van der Waals surface area contributed by atoms with Gasteiger partial charge in [0.25, 0.3) is 10.2 Å². The van der Waals surface area contributed by atoms with E-state index in [1.807, 2.05) is 0 Å². The van der Waals surface area contributed by atoms with E-state index in [0.29, 0.717) is 32.0 Å². The number of hydrogen-bond acceptors (Lipinski definition) is 5. The lowest BCUT2D eigenvalue weighted by Gasteiger charge is -2.41. The molecule has 0 unspecified atom stereocenters. The third-order valence-corrected chi connectivity index (χ3v) is 7.83. The lowest BCUT2D eigenvalue weighted by molar-refractivity contribution is -0.137. The van der Waals surface area contributed by atoms with Crippen molar-refractivity contribution in [3.63, 3.8) is 0 Å². The van der Waals surface area contributed by atoms with E-state index in [1.165, 1.54) is 22.7 Å². The standard InChI is InChI=1S/C18H26ClF3N4O3S/c1-24(2)30(27,28)26-9-3-14(4-10-26)25-7-5-15(6-8-25)29-17-16(19)11-13(12-23-17)18(20,21)22/h11-12,14-15H,3-10H2,1-2H3. The number of rotatable bonds is 5.